The Balaban J connectivity index is 1.62. The largest absolute Gasteiger partial charge is 0.451 e. The summed E-state index contributed by atoms with van der Waals surface area (Å²) in [6.07, 6.45) is -4.82. The van der Waals surface area contributed by atoms with Crippen LogP contribution in [-0.4, -0.2) is 38.2 Å². The molecule has 1 aliphatic heterocycles. The van der Waals surface area contributed by atoms with Gasteiger partial charge in [0.05, 0.1) is 6.54 Å². The van der Waals surface area contributed by atoms with Gasteiger partial charge in [0, 0.05) is 25.6 Å². The van der Waals surface area contributed by atoms with E-state index in [0.717, 1.165) is 22.8 Å². The van der Waals surface area contributed by atoms with Crippen molar-refractivity contribution in [3.05, 3.63) is 47.0 Å². The molecule has 2 heterocycles. The molecule has 146 valence electrons. The lowest BCUT2D eigenvalue weighted by Crippen LogP contribution is -2.42. The van der Waals surface area contributed by atoms with E-state index in [-0.39, 0.29) is 43.9 Å². The van der Waals surface area contributed by atoms with Crippen molar-refractivity contribution in [1.82, 2.24) is 19.7 Å². The van der Waals surface area contributed by atoms with Gasteiger partial charge in [-0.25, -0.2) is 8.78 Å². The van der Waals surface area contributed by atoms with E-state index in [9.17, 15) is 26.7 Å². The molecule has 0 saturated heterocycles. The van der Waals surface area contributed by atoms with Crippen LogP contribution >= 0.6 is 0 Å². The molecule has 1 amide bonds. The molecule has 1 aromatic carbocycles. The van der Waals surface area contributed by atoms with Crippen molar-refractivity contribution in [3.63, 3.8) is 0 Å². The van der Waals surface area contributed by atoms with Crippen LogP contribution in [0.15, 0.2) is 18.2 Å². The summed E-state index contributed by atoms with van der Waals surface area (Å²) in [6.45, 7) is -0.159. The summed E-state index contributed by atoms with van der Waals surface area (Å²) in [5.41, 5.74) is 5.93. The van der Waals surface area contributed by atoms with Crippen LogP contribution in [0.2, 0.25) is 0 Å². The van der Waals surface area contributed by atoms with Gasteiger partial charge < -0.3 is 15.2 Å². The van der Waals surface area contributed by atoms with Crippen molar-refractivity contribution in [1.29, 1.82) is 0 Å². The normalized spacial score (nSPS) is 15.6. The first kappa shape index (κ1) is 19.2. The van der Waals surface area contributed by atoms with Crippen LogP contribution in [0.4, 0.5) is 22.0 Å². The number of rotatable bonds is 4. The topological polar surface area (TPSA) is 77.0 Å². The molecule has 2 aromatic rings. The van der Waals surface area contributed by atoms with Gasteiger partial charge in [-0.2, -0.15) is 13.2 Å². The van der Waals surface area contributed by atoms with E-state index >= 15 is 0 Å². The molecule has 1 atom stereocenters. The summed E-state index contributed by atoms with van der Waals surface area (Å²) < 4.78 is 66.3. The zero-order valence-corrected chi connectivity index (χ0v) is 14.0. The molecule has 1 unspecified atom stereocenters. The molecule has 0 aliphatic carbocycles. The zero-order chi connectivity index (χ0) is 19.8. The fourth-order valence-corrected chi connectivity index (χ4v) is 2.99. The van der Waals surface area contributed by atoms with Gasteiger partial charge >= 0.3 is 6.18 Å². The second-order valence-electron chi connectivity index (χ2n) is 6.31. The fraction of sp³-hybridized carbons (Fsp3) is 0.438. The molecule has 1 aliphatic rings. The number of benzene rings is 1. The lowest BCUT2D eigenvalue weighted by molar-refractivity contribution is -0.148. The number of nitrogens with two attached hydrogens (primary N) is 1. The summed E-state index contributed by atoms with van der Waals surface area (Å²) in [4.78, 5) is 13.7. The number of aromatic nitrogens is 3. The summed E-state index contributed by atoms with van der Waals surface area (Å²) in [7, 11) is 0. The third kappa shape index (κ3) is 4.24. The van der Waals surface area contributed by atoms with Crippen molar-refractivity contribution < 1.29 is 26.7 Å². The predicted molar refractivity (Wildman–Crippen MR) is 83.1 cm³/mol. The molecular weight excluding hydrogens is 373 g/mol. The van der Waals surface area contributed by atoms with Gasteiger partial charge in [-0.05, 0) is 30.2 Å². The van der Waals surface area contributed by atoms with Crippen LogP contribution in [-0.2, 0) is 30.5 Å². The van der Waals surface area contributed by atoms with Crippen LogP contribution in [0.3, 0.4) is 0 Å². The summed E-state index contributed by atoms with van der Waals surface area (Å²) in [5, 5.41) is 6.65. The molecule has 0 saturated carbocycles. The van der Waals surface area contributed by atoms with Crippen molar-refractivity contribution in [2.24, 2.45) is 5.73 Å². The summed E-state index contributed by atoms with van der Waals surface area (Å²) in [5.74, 6) is -2.69. The fourth-order valence-electron chi connectivity index (χ4n) is 2.99. The van der Waals surface area contributed by atoms with Gasteiger partial charge in [0.15, 0.2) is 5.82 Å². The van der Waals surface area contributed by atoms with Crippen LogP contribution in [0.5, 0.6) is 0 Å². The Hall–Kier alpha value is -2.56. The SMILES string of the molecule is NC(CC(=O)N1CCn2c(nnc2C(F)(F)F)C1)Cc1cc(F)ccc1F. The molecular formula is C16H16F5N5O. The Morgan fingerprint density at radius 1 is 1.22 bits per heavy atom. The molecule has 0 radical (unpaired) electrons. The highest BCUT2D eigenvalue weighted by Gasteiger charge is 2.39. The molecule has 11 heteroatoms. The Morgan fingerprint density at radius 2 is 1.96 bits per heavy atom. The standard InChI is InChI=1S/C16H16F5N5O/c17-10-1-2-12(18)9(5-10)6-11(22)7-14(27)25-3-4-26-13(8-25)23-24-15(26)16(19,20)21/h1-2,5,11H,3-4,6-8,22H2. The quantitative estimate of drug-likeness (QED) is 0.811. The van der Waals surface area contributed by atoms with Crippen LogP contribution in [0.1, 0.15) is 23.6 Å². The number of amides is 1. The predicted octanol–water partition coefficient (Wildman–Crippen LogP) is 1.88. The van der Waals surface area contributed by atoms with Gasteiger partial charge in [-0.1, -0.05) is 0 Å². The summed E-state index contributed by atoms with van der Waals surface area (Å²) >= 11 is 0. The smallest absolute Gasteiger partial charge is 0.333 e. The number of nitrogens with zero attached hydrogens (tertiary/aromatic N) is 4. The number of halogens is 5. The van der Waals surface area contributed by atoms with Gasteiger partial charge in [0.2, 0.25) is 11.7 Å². The maximum atomic E-state index is 13.7. The van der Waals surface area contributed by atoms with Crippen molar-refractivity contribution in [2.75, 3.05) is 6.54 Å². The molecule has 3 rings (SSSR count). The number of hydrogen-bond acceptors (Lipinski definition) is 4. The highest BCUT2D eigenvalue weighted by atomic mass is 19.4. The molecule has 0 fully saturated rings. The van der Waals surface area contributed by atoms with Gasteiger partial charge in [0.1, 0.15) is 11.6 Å². The molecule has 1 aromatic heterocycles. The van der Waals surface area contributed by atoms with Crippen molar-refractivity contribution >= 4 is 5.91 Å². The first-order valence-corrected chi connectivity index (χ1v) is 8.11. The Morgan fingerprint density at radius 3 is 2.67 bits per heavy atom. The van der Waals surface area contributed by atoms with E-state index < -0.39 is 35.6 Å². The van der Waals surface area contributed by atoms with Gasteiger partial charge in [0.25, 0.3) is 0 Å². The molecule has 0 bridgehead atoms. The Kier molecular flexibility index (Phi) is 5.13. The number of carbonyl (C=O) groups is 1. The van der Waals surface area contributed by atoms with Gasteiger partial charge in [-0.3, -0.25) is 4.79 Å². The van der Waals surface area contributed by atoms with Crippen LogP contribution < -0.4 is 5.73 Å². The van der Waals surface area contributed by atoms with E-state index in [1.165, 1.54) is 4.90 Å². The van der Waals surface area contributed by atoms with Crippen molar-refractivity contribution in [3.8, 4) is 0 Å². The van der Waals surface area contributed by atoms with Crippen LogP contribution in [0.25, 0.3) is 0 Å². The number of carbonyl (C=O) groups excluding carboxylic acids is 1. The van der Waals surface area contributed by atoms with Crippen LogP contribution in [0, 0.1) is 11.6 Å². The van der Waals surface area contributed by atoms with E-state index in [1.807, 2.05) is 0 Å². The first-order chi connectivity index (χ1) is 12.6. The van der Waals surface area contributed by atoms with E-state index in [4.69, 9.17) is 5.73 Å². The highest BCUT2D eigenvalue weighted by molar-refractivity contribution is 5.76. The lowest BCUT2D eigenvalue weighted by Gasteiger charge is -2.29. The zero-order valence-electron chi connectivity index (χ0n) is 14.0. The molecule has 2 N–H and O–H groups in total. The first-order valence-electron chi connectivity index (χ1n) is 8.11. The minimum atomic E-state index is -4.62. The number of fused-ring (bicyclic) bond motifs is 1. The minimum absolute atomic E-state index is 0.0340. The minimum Gasteiger partial charge on any atom is -0.333 e. The second-order valence-corrected chi connectivity index (χ2v) is 6.31. The molecule has 6 nitrogen and oxygen atoms in total. The van der Waals surface area contributed by atoms with Gasteiger partial charge in [-0.15, -0.1) is 10.2 Å². The van der Waals surface area contributed by atoms with E-state index in [0.29, 0.717) is 0 Å². The Labute approximate surface area is 150 Å². The monoisotopic (exact) mass is 389 g/mol. The average Bonchev–Trinajstić information content (AvgIpc) is 3.01. The highest BCUT2D eigenvalue weighted by Crippen LogP contribution is 2.29. The van der Waals surface area contributed by atoms with Crippen molar-refractivity contribution in [2.45, 2.75) is 38.1 Å². The summed E-state index contributed by atoms with van der Waals surface area (Å²) in [6, 6.07) is 2.21. The third-order valence-corrected chi connectivity index (χ3v) is 4.29. The van der Waals surface area contributed by atoms with E-state index in [1.54, 1.807) is 0 Å². The third-order valence-electron chi connectivity index (χ3n) is 4.29. The average molecular weight is 389 g/mol. The maximum Gasteiger partial charge on any atom is 0.451 e. The molecule has 0 spiro atoms. The number of alkyl halides is 3. The lowest BCUT2D eigenvalue weighted by atomic mass is 10.0. The number of hydrogen-bond donors (Lipinski definition) is 1. The molecule has 27 heavy (non-hydrogen) atoms. The van der Waals surface area contributed by atoms with E-state index in [2.05, 4.69) is 10.2 Å². The maximum absolute atomic E-state index is 13.7. The second kappa shape index (κ2) is 7.22. The Bertz CT molecular complexity index is 850.